The predicted molar refractivity (Wildman–Crippen MR) is 43.5 cm³/mol. The van der Waals surface area contributed by atoms with E-state index >= 15 is 0 Å². The maximum Gasteiger partial charge on any atom is 0.0839 e. The molecule has 0 aromatic rings. The Kier molecular flexibility index (Phi) is 5.21. The molecule has 52 valence electrons. The van der Waals surface area contributed by atoms with Crippen molar-refractivity contribution in [2.45, 2.75) is 13.8 Å². The van der Waals surface area contributed by atoms with Gasteiger partial charge in [0, 0.05) is 6.20 Å². The standard InChI is InChI=1S/C4H6N2S.C2H6/c1-4-6-5-2-3-7-4;1-2/h2-3,5-6H,1H2;1-2H3. The average Bonchev–Trinajstić information content (AvgIpc) is 1.94. The molecular weight excluding hydrogens is 132 g/mol. The van der Waals surface area contributed by atoms with E-state index in [1.165, 1.54) is 0 Å². The maximum absolute atomic E-state index is 3.65. The minimum Gasteiger partial charge on any atom is -0.307 e. The first-order valence-corrected chi connectivity index (χ1v) is 3.80. The van der Waals surface area contributed by atoms with Crippen molar-refractivity contribution < 1.29 is 0 Å². The van der Waals surface area contributed by atoms with E-state index in [4.69, 9.17) is 0 Å². The minimum absolute atomic E-state index is 0.933. The van der Waals surface area contributed by atoms with E-state index in [1.54, 1.807) is 11.8 Å². The van der Waals surface area contributed by atoms with Crippen LogP contribution in [0.2, 0.25) is 0 Å². The SMILES string of the molecule is C=C1NNC=CS1.CC. The van der Waals surface area contributed by atoms with Gasteiger partial charge in [0.1, 0.15) is 0 Å². The first-order chi connectivity index (χ1) is 4.39. The summed E-state index contributed by atoms with van der Waals surface area (Å²) in [4.78, 5) is 0. The van der Waals surface area contributed by atoms with Gasteiger partial charge >= 0.3 is 0 Å². The highest BCUT2D eigenvalue weighted by Gasteiger charge is 1.90. The van der Waals surface area contributed by atoms with Gasteiger partial charge in [-0.05, 0) is 5.41 Å². The zero-order valence-electron chi connectivity index (χ0n) is 5.77. The van der Waals surface area contributed by atoms with Gasteiger partial charge in [0.15, 0.2) is 0 Å². The van der Waals surface area contributed by atoms with Crippen LogP contribution in [-0.4, -0.2) is 0 Å². The molecule has 0 spiro atoms. The Balaban J connectivity index is 0.000000291. The minimum atomic E-state index is 0.933. The molecule has 1 heterocycles. The zero-order valence-corrected chi connectivity index (χ0v) is 6.59. The second kappa shape index (κ2) is 5.56. The lowest BCUT2D eigenvalue weighted by Gasteiger charge is -2.09. The van der Waals surface area contributed by atoms with Gasteiger partial charge in [0.2, 0.25) is 0 Å². The second-order valence-corrected chi connectivity index (χ2v) is 2.11. The van der Waals surface area contributed by atoms with Crippen molar-refractivity contribution in [2.24, 2.45) is 0 Å². The van der Waals surface area contributed by atoms with Crippen molar-refractivity contribution in [3.63, 3.8) is 0 Å². The van der Waals surface area contributed by atoms with Gasteiger partial charge in [0.25, 0.3) is 0 Å². The maximum atomic E-state index is 3.65. The Labute approximate surface area is 60.4 Å². The van der Waals surface area contributed by atoms with E-state index in [9.17, 15) is 0 Å². The molecule has 0 aromatic heterocycles. The summed E-state index contributed by atoms with van der Waals surface area (Å²) in [7, 11) is 0. The summed E-state index contributed by atoms with van der Waals surface area (Å²) in [5.41, 5.74) is 5.60. The summed E-state index contributed by atoms with van der Waals surface area (Å²) in [6, 6.07) is 0. The molecule has 1 aliphatic rings. The zero-order chi connectivity index (χ0) is 7.11. The fourth-order valence-electron chi connectivity index (χ4n) is 0.302. The van der Waals surface area contributed by atoms with Crippen LogP contribution in [0.3, 0.4) is 0 Å². The molecule has 0 saturated carbocycles. The van der Waals surface area contributed by atoms with Gasteiger partial charge in [-0.15, -0.1) is 0 Å². The Morgan fingerprint density at radius 3 is 2.44 bits per heavy atom. The van der Waals surface area contributed by atoms with Gasteiger partial charge in [0.05, 0.1) is 5.03 Å². The Morgan fingerprint density at radius 2 is 2.22 bits per heavy atom. The van der Waals surface area contributed by atoms with Crippen LogP contribution >= 0.6 is 11.8 Å². The number of hydrogen-bond acceptors (Lipinski definition) is 3. The van der Waals surface area contributed by atoms with Crippen molar-refractivity contribution in [3.8, 4) is 0 Å². The van der Waals surface area contributed by atoms with Crippen LogP contribution in [-0.2, 0) is 0 Å². The molecule has 2 N–H and O–H groups in total. The van der Waals surface area contributed by atoms with Crippen molar-refractivity contribution in [1.82, 2.24) is 10.9 Å². The van der Waals surface area contributed by atoms with Crippen LogP contribution < -0.4 is 10.9 Å². The molecule has 1 rings (SSSR count). The molecule has 2 nitrogen and oxygen atoms in total. The van der Waals surface area contributed by atoms with Gasteiger partial charge < -0.3 is 5.43 Å². The average molecular weight is 144 g/mol. The predicted octanol–water partition coefficient (Wildman–Crippen LogP) is 1.80. The molecule has 9 heavy (non-hydrogen) atoms. The summed E-state index contributed by atoms with van der Waals surface area (Å²) in [5.74, 6) is 0. The second-order valence-electron chi connectivity index (χ2n) is 1.11. The van der Waals surface area contributed by atoms with E-state index in [2.05, 4.69) is 17.4 Å². The molecular formula is C6H12N2S. The first-order valence-electron chi connectivity index (χ1n) is 2.92. The number of thioether (sulfide) groups is 1. The van der Waals surface area contributed by atoms with Gasteiger partial charge in [-0.25, -0.2) is 0 Å². The van der Waals surface area contributed by atoms with Crippen LogP contribution in [0.5, 0.6) is 0 Å². The fraction of sp³-hybridized carbons (Fsp3) is 0.333. The van der Waals surface area contributed by atoms with Crippen molar-refractivity contribution >= 4 is 11.8 Å². The largest absolute Gasteiger partial charge is 0.307 e. The lowest BCUT2D eigenvalue weighted by atomic mass is 11.0. The van der Waals surface area contributed by atoms with Crippen LogP contribution in [0, 0.1) is 0 Å². The molecule has 3 heteroatoms. The first kappa shape index (κ1) is 8.43. The van der Waals surface area contributed by atoms with Gasteiger partial charge in [-0.2, -0.15) is 0 Å². The summed E-state index contributed by atoms with van der Waals surface area (Å²) in [6.07, 6.45) is 1.82. The topological polar surface area (TPSA) is 24.1 Å². The smallest absolute Gasteiger partial charge is 0.0839 e. The van der Waals surface area contributed by atoms with Gasteiger partial charge in [-0.1, -0.05) is 32.2 Å². The van der Waals surface area contributed by atoms with Crippen molar-refractivity contribution in [2.75, 3.05) is 0 Å². The molecule has 0 aromatic carbocycles. The summed E-state index contributed by atoms with van der Waals surface area (Å²) in [6.45, 7) is 7.65. The van der Waals surface area contributed by atoms with Gasteiger partial charge in [-0.3, -0.25) is 5.43 Å². The molecule has 0 amide bonds. The van der Waals surface area contributed by atoms with E-state index in [0.717, 1.165) is 5.03 Å². The Morgan fingerprint density at radius 1 is 1.56 bits per heavy atom. The number of hydrogen-bond donors (Lipinski definition) is 2. The molecule has 0 radical (unpaired) electrons. The van der Waals surface area contributed by atoms with Crippen LogP contribution in [0.15, 0.2) is 23.2 Å². The third kappa shape index (κ3) is 3.97. The van der Waals surface area contributed by atoms with E-state index in [1.807, 2.05) is 25.5 Å². The highest BCUT2D eigenvalue weighted by atomic mass is 32.2. The lowest BCUT2D eigenvalue weighted by molar-refractivity contribution is 0.764. The van der Waals surface area contributed by atoms with Crippen LogP contribution in [0.4, 0.5) is 0 Å². The Hall–Kier alpha value is -0.570. The van der Waals surface area contributed by atoms with E-state index in [-0.39, 0.29) is 0 Å². The van der Waals surface area contributed by atoms with Crippen molar-refractivity contribution in [1.29, 1.82) is 0 Å². The summed E-state index contributed by atoms with van der Waals surface area (Å²) < 4.78 is 0. The quantitative estimate of drug-likeness (QED) is 0.542. The van der Waals surface area contributed by atoms with E-state index in [0.29, 0.717) is 0 Å². The summed E-state index contributed by atoms with van der Waals surface area (Å²) in [5, 5.41) is 2.86. The third-order valence-corrected chi connectivity index (χ3v) is 1.23. The highest BCUT2D eigenvalue weighted by Crippen LogP contribution is 2.11. The normalized spacial score (nSPS) is 14.7. The molecule has 0 atom stereocenters. The Bertz CT molecular complexity index is 110. The van der Waals surface area contributed by atoms with Crippen LogP contribution in [0.25, 0.3) is 0 Å². The van der Waals surface area contributed by atoms with E-state index < -0.39 is 0 Å². The molecule has 0 fully saturated rings. The molecule has 0 aliphatic carbocycles. The number of rotatable bonds is 0. The molecule has 0 saturated heterocycles. The van der Waals surface area contributed by atoms with Crippen LogP contribution in [0.1, 0.15) is 13.8 Å². The monoisotopic (exact) mass is 144 g/mol. The number of nitrogens with one attached hydrogen (secondary N) is 2. The summed E-state index contributed by atoms with van der Waals surface area (Å²) >= 11 is 1.57. The fourth-order valence-corrected chi connectivity index (χ4v) is 0.720. The lowest BCUT2D eigenvalue weighted by Crippen LogP contribution is -2.25. The highest BCUT2D eigenvalue weighted by molar-refractivity contribution is 8.05. The molecule has 0 bridgehead atoms. The molecule has 1 aliphatic heterocycles. The molecule has 0 unspecified atom stereocenters. The third-order valence-electron chi connectivity index (χ3n) is 0.573. The number of hydrazine groups is 1. The van der Waals surface area contributed by atoms with Crippen molar-refractivity contribution in [3.05, 3.63) is 23.2 Å².